The highest BCUT2D eigenvalue weighted by atomic mass is 35.5. The SMILES string of the molecule is CCOC(=O)C1=C(C)N(Cc2cccc(C(=O)NCCN3CCCCC3)c2)C(=O)CC1c1ccc(Cl)c(Cl)c1. The van der Waals surface area contributed by atoms with Crippen LogP contribution in [0.25, 0.3) is 0 Å². The standard InChI is InChI=1S/C30H35Cl2N3O4/c1-3-39-30(38)28-20(2)35(27(36)18-24(28)22-10-11-25(31)26(32)17-22)19-21-8-7-9-23(16-21)29(37)33-12-15-34-13-5-4-6-14-34/h7-11,16-17,24H,3-6,12-15,18-19H2,1-2H3,(H,33,37). The van der Waals surface area contributed by atoms with Gasteiger partial charge < -0.3 is 19.9 Å². The number of hydrogen-bond acceptors (Lipinski definition) is 5. The van der Waals surface area contributed by atoms with E-state index in [1.807, 2.05) is 12.1 Å². The zero-order valence-electron chi connectivity index (χ0n) is 22.5. The van der Waals surface area contributed by atoms with E-state index < -0.39 is 11.9 Å². The van der Waals surface area contributed by atoms with Gasteiger partial charge in [-0.25, -0.2) is 4.79 Å². The van der Waals surface area contributed by atoms with Crippen molar-refractivity contribution in [1.82, 2.24) is 15.1 Å². The number of ether oxygens (including phenoxy) is 1. The average molecular weight is 573 g/mol. The molecule has 1 saturated heterocycles. The number of benzene rings is 2. The van der Waals surface area contributed by atoms with Crippen LogP contribution in [-0.2, 0) is 20.9 Å². The largest absolute Gasteiger partial charge is 0.463 e. The zero-order chi connectivity index (χ0) is 27.9. The molecule has 208 valence electrons. The molecule has 9 heteroatoms. The number of nitrogens with one attached hydrogen (secondary N) is 1. The molecule has 0 saturated carbocycles. The van der Waals surface area contributed by atoms with Crippen molar-refractivity contribution in [1.29, 1.82) is 0 Å². The highest BCUT2D eigenvalue weighted by molar-refractivity contribution is 6.42. The lowest BCUT2D eigenvalue weighted by Crippen LogP contribution is -2.38. The van der Waals surface area contributed by atoms with E-state index in [0.717, 1.165) is 30.8 Å². The number of nitrogens with zero attached hydrogens (tertiary/aromatic N) is 2. The predicted octanol–water partition coefficient (Wildman–Crippen LogP) is 5.56. The number of allylic oxidation sites excluding steroid dienone is 1. The number of esters is 1. The monoisotopic (exact) mass is 571 g/mol. The van der Waals surface area contributed by atoms with Gasteiger partial charge in [0.2, 0.25) is 5.91 Å². The minimum atomic E-state index is -0.500. The molecule has 0 bridgehead atoms. The molecule has 0 radical (unpaired) electrons. The maximum absolute atomic E-state index is 13.4. The number of rotatable bonds is 9. The third kappa shape index (κ3) is 7.21. The lowest BCUT2D eigenvalue weighted by atomic mass is 9.83. The molecule has 1 atom stereocenters. The maximum Gasteiger partial charge on any atom is 0.336 e. The van der Waals surface area contributed by atoms with Crippen LogP contribution in [-0.4, -0.2) is 60.4 Å². The molecule has 2 aliphatic heterocycles. The molecule has 2 heterocycles. The molecule has 2 amide bonds. The van der Waals surface area contributed by atoms with Crippen LogP contribution in [0.1, 0.15) is 66.9 Å². The van der Waals surface area contributed by atoms with E-state index >= 15 is 0 Å². The normalized spacial score (nSPS) is 18.3. The fourth-order valence-electron chi connectivity index (χ4n) is 5.30. The van der Waals surface area contributed by atoms with Gasteiger partial charge in [-0.15, -0.1) is 0 Å². The van der Waals surface area contributed by atoms with E-state index in [9.17, 15) is 14.4 Å². The zero-order valence-corrected chi connectivity index (χ0v) is 24.0. The Labute approximate surface area is 240 Å². The molecule has 0 aromatic heterocycles. The lowest BCUT2D eigenvalue weighted by molar-refractivity contribution is -0.140. The van der Waals surface area contributed by atoms with Crippen LogP contribution < -0.4 is 5.32 Å². The molecule has 1 N–H and O–H groups in total. The Kier molecular flexibility index (Phi) is 10.1. The van der Waals surface area contributed by atoms with Crippen LogP contribution >= 0.6 is 23.2 Å². The molecular formula is C30H35Cl2N3O4. The fraction of sp³-hybridized carbons (Fsp3) is 0.433. The van der Waals surface area contributed by atoms with E-state index in [0.29, 0.717) is 33.4 Å². The molecule has 2 aliphatic rings. The molecule has 0 aliphatic carbocycles. The van der Waals surface area contributed by atoms with Gasteiger partial charge >= 0.3 is 5.97 Å². The summed E-state index contributed by atoms with van der Waals surface area (Å²) in [7, 11) is 0. The van der Waals surface area contributed by atoms with Crippen molar-refractivity contribution in [2.75, 3.05) is 32.8 Å². The maximum atomic E-state index is 13.4. The van der Waals surface area contributed by atoms with Gasteiger partial charge in [0.15, 0.2) is 0 Å². The summed E-state index contributed by atoms with van der Waals surface area (Å²) >= 11 is 12.3. The summed E-state index contributed by atoms with van der Waals surface area (Å²) in [6, 6.07) is 12.4. The van der Waals surface area contributed by atoms with E-state index in [4.69, 9.17) is 27.9 Å². The molecular weight excluding hydrogens is 537 g/mol. The van der Waals surface area contributed by atoms with Gasteiger partial charge in [-0.1, -0.05) is 47.8 Å². The highest BCUT2D eigenvalue weighted by Crippen LogP contribution is 2.39. The van der Waals surface area contributed by atoms with E-state index in [1.54, 1.807) is 49.1 Å². The first-order valence-corrected chi connectivity index (χ1v) is 14.3. The molecule has 1 fully saturated rings. The number of carbonyl (C=O) groups is 3. The van der Waals surface area contributed by atoms with Gasteiger partial charge in [0.1, 0.15) is 0 Å². The van der Waals surface area contributed by atoms with E-state index in [-0.39, 0.29) is 31.4 Å². The number of carbonyl (C=O) groups excluding carboxylic acids is 3. The summed E-state index contributed by atoms with van der Waals surface area (Å²) in [5, 5.41) is 3.77. The Morgan fingerprint density at radius 3 is 2.54 bits per heavy atom. The fourth-order valence-corrected chi connectivity index (χ4v) is 5.60. The van der Waals surface area contributed by atoms with Gasteiger partial charge in [-0.05, 0) is 75.2 Å². The van der Waals surface area contributed by atoms with Crippen molar-refractivity contribution in [3.05, 3.63) is 80.5 Å². The van der Waals surface area contributed by atoms with Crippen LogP contribution in [0.15, 0.2) is 53.7 Å². The summed E-state index contributed by atoms with van der Waals surface area (Å²) in [5.74, 6) is -1.24. The quantitative estimate of drug-likeness (QED) is 0.398. The van der Waals surface area contributed by atoms with Crippen LogP contribution in [0.5, 0.6) is 0 Å². The Morgan fingerprint density at radius 2 is 1.82 bits per heavy atom. The first-order valence-electron chi connectivity index (χ1n) is 13.5. The summed E-state index contributed by atoms with van der Waals surface area (Å²) in [4.78, 5) is 43.2. The molecule has 7 nitrogen and oxygen atoms in total. The van der Waals surface area contributed by atoms with Crippen LogP contribution in [0, 0.1) is 0 Å². The van der Waals surface area contributed by atoms with Gasteiger partial charge in [0.05, 0.1) is 28.8 Å². The Hall–Kier alpha value is -2.87. The van der Waals surface area contributed by atoms with Crippen LogP contribution in [0.2, 0.25) is 10.0 Å². The van der Waals surface area contributed by atoms with E-state index in [1.165, 1.54) is 19.3 Å². The lowest BCUT2D eigenvalue weighted by Gasteiger charge is -2.34. The smallest absolute Gasteiger partial charge is 0.336 e. The minimum absolute atomic E-state index is 0.0835. The van der Waals surface area contributed by atoms with Crippen molar-refractivity contribution in [2.45, 2.75) is 52.0 Å². The molecule has 2 aromatic rings. The molecule has 2 aromatic carbocycles. The topological polar surface area (TPSA) is 79.0 Å². The van der Waals surface area contributed by atoms with Gasteiger partial charge in [0.25, 0.3) is 5.91 Å². The Bertz CT molecular complexity index is 1260. The number of piperidine rings is 1. The molecule has 39 heavy (non-hydrogen) atoms. The highest BCUT2D eigenvalue weighted by Gasteiger charge is 2.37. The average Bonchev–Trinajstić information content (AvgIpc) is 2.93. The summed E-state index contributed by atoms with van der Waals surface area (Å²) in [6.07, 6.45) is 3.79. The van der Waals surface area contributed by atoms with Gasteiger partial charge in [-0.3, -0.25) is 9.59 Å². The van der Waals surface area contributed by atoms with Crippen LogP contribution in [0.3, 0.4) is 0 Å². The number of halogens is 2. The number of likely N-dealkylation sites (tertiary alicyclic amines) is 1. The third-order valence-corrected chi connectivity index (χ3v) is 8.10. The van der Waals surface area contributed by atoms with Crippen molar-refractivity contribution in [3.8, 4) is 0 Å². The van der Waals surface area contributed by atoms with Crippen molar-refractivity contribution in [2.24, 2.45) is 0 Å². The third-order valence-electron chi connectivity index (χ3n) is 7.36. The molecule has 0 spiro atoms. The Morgan fingerprint density at radius 1 is 1.05 bits per heavy atom. The Balaban J connectivity index is 1.52. The predicted molar refractivity (Wildman–Crippen MR) is 153 cm³/mol. The summed E-state index contributed by atoms with van der Waals surface area (Å²) in [5.41, 5.74) is 3.00. The molecule has 1 unspecified atom stereocenters. The number of amides is 2. The van der Waals surface area contributed by atoms with Crippen molar-refractivity contribution >= 4 is 41.0 Å². The van der Waals surface area contributed by atoms with E-state index in [2.05, 4.69) is 10.2 Å². The second kappa shape index (κ2) is 13.5. The van der Waals surface area contributed by atoms with Crippen molar-refractivity contribution in [3.63, 3.8) is 0 Å². The second-order valence-corrected chi connectivity index (χ2v) is 10.8. The summed E-state index contributed by atoms with van der Waals surface area (Å²) in [6.45, 7) is 7.55. The van der Waals surface area contributed by atoms with Crippen LogP contribution in [0.4, 0.5) is 0 Å². The van der Waals surface area contributed by atoms with Gasteiger partial charge in [0, 0.05) is 36.7 Å². The van der Waals surface area contributed by atoms with Gasteiger partial charge in [-0.2, -0.15) is 0 Å². The minimum Gasteiger partial charge on any atom is -0.463 e. The van der Waals surface area contributed by atoms with Crippen molar-refractivity contribution < 1.29 is 19.1 Å². The molecule has 4 rings (SSSR count). The first-order chi connectivity index (χ1) is 18.8. The second-order valence-electron chi connectivity index (χ2n) is 9.99. The first kappa shape index (κ1) is 29.1. The number of hydrogen-bond donors (Lipinski definition) is 1. The summed E-state index contributed by atoms with van der Waals surface area (Å²) < 4.78 is 5.37.